The molecule has 0 unspecified atom stereocenters. The first-order valence-electron chi connectivity index (χ1n) is 6.38. The van der Waals surface area contributed by atoms with Crippen LogP contribution in [0.2, 0.25) is 0 Å². The number of aryl methyl sites for hydroxylation is 2. The first-order chi connectivity index (χ1) is 9.54. The quantitative estimate of drug-likeness (QED) is 0.845. The second-order valence-corrected chi connectivity index (χ2v) is 5.59. The lowest BCUT2D eigenvalue weighted by molar-refractivity contribution is -0.136. The van der Waals surface area contributed by atoms with E-state index in [1.54, 1.807) is 0 Å². The van der Waals surface area contributed by atoms with Crippen molar-refractivity contribution < 1.29 is 9.90 Å². The van der Waals surface area contributed by atoms with Crippen molar-refractivity contribution >= 4 is 33.3 Å². The van der Waals surface area contributed by atoms with Gasteiger partial charge in [0.05, 0.1) is 0 Å². The zero-order valence-corrected chi connectivity index (χ0v) is 12.8. The number of rotatable bonds is 5. The summed E-state index contributed by atoms with van der Waals surface area (Å²) in [4.78, 5) is 10.6. The zero-order chi connectivity index (χ0) is 14.5. The highest BCUT2D eigenvalue weighted by molar-refractivity contribution is 9.10. The first-order valence-corrected chi connectivity index (χ1v) is 7.18. The molecule has 0 aliphatic carbocycles. The number of halogens is 1. The van der Waals surface area contributed by atoms with E-state index in [9.17, 15) is 4.79 Å². The Bertz CT molecular complexity index is 608. The molecule has 0 heterocycles. The van der Waals surface area contributed by atoms with Crippen LogP contribution in [0.1, 0.15) is 17.5 Å². The van der Waals surface area contributed by atoms with Crippen LogP contribution < -0.4 is 5.32 Å². The lowest BCUT2D eigenvalue weighted by atomic mass is 10.1. The molecule has 0 atom stereocenters. The van der Waals surface area contributed by atoms with Crippen molar-refractivity contribution in [1.82, 2.24) is 0 Å². The molecule has 0 aromatic heterocycles. The molecule has 0 aliphatic rings. The Hall–Kier alpha value is -1.81. The standard InChI is InChI=1S/C16H16BrNO2/c1-11-10-12(3-9-16(19)20)2-8-15(11)18-14-6-4-13(17)5-7-14/h2,4-8,10,18H,3,9H2,1H3,(H,19,20). The molecule has 2 N–H and O–H groups in total. The molecule has 0 bridgehead atoms. The minimum Gasteiger partial charge on any atom is -0.481 e. The number of hydrogen-bond donors (Lipinski definition) is 2. The van der Waals surface area contributed by atoms with Gasteiger partial charge in [0.1, 0.15) is 0 Å². The second kappa shape index (κ2) is 6.57. The Morgan fingerprint density at radius 1 is 1.20 bits per heavy atom. The fraction of sp³-hybridized carbons (Fsp3) is 0.188. The van der Waals surface area contributed by atoms with E-state index in [1.807, 2.05) is 49.4 Å². The number of aliphatic carboxylic acids is 1. The molecule has 0 spiro atoms. The Morgan fingerprint density at radius 3 is 2.50 bits per heavy atom. The summed E-state index contributed by atoms with van der Waals surface area (Å²) in [6.07, 6.45) is 0.730. The van der Waals surface area contributed by atoms with Crippen LogP contribution in [-0.4, -0.2) is 11.1 Å². The highest BCUT2D eigenvalue weighted by Crippen LogP contribution is 2.23. The van der Waals surface area contributed by atoms with Crippen molar-refractivity contribution in [3.8, 4) is 0 Å². The number of nitrogens with one attached hydrogen (secondary N) is 1. The van der Waals surface area contributed by atoms with Crippen LogP contribution in [0, 0.1) is 6.92 Å². The third kappa shape index (κ3) is 4.10. The molecular formula is C16H16BrNO2. The van der Waals surface area contributed by atoms with Gasteiger partial charge in [-0.2, -0.15) is 0 Å². The fourth-order valence-corrected chi connectivity index (χ4v) is 2.23. The maximum atomic E-state index is 10.6. The third-order valence-corrected chi connectivity index (χ3v) is 3.57. The molecule has 3 nitrogen and oxygen atoms in total. The highest BCUT2D eigenvalue weighted by atomic mass is 79.9. The van der Waals surface area contributed by atoms with Crippen LogP contribution in [-0.2, 0) is 11.2 Å². The highest BCUT2D eigenvalue weighted by Gasteiger charge is 2.03. The van der Waals surface area contributed by atoms with E-state index < -0.39 is 5.97 Å². The van der Waals surface area contributed by atoms with Gasteiger partial charge >= 0.3 is 5.97 Å². The summed E-state index contributed by atoms with van der Waals surface area (Å²) < 4.78 is 1.05. The summed E-state index contributed by atoms with van der Waals surface area (Å²) in [6, 6.07) is 14.0. The fourth-order valence-electron chi connectivity index (χ4n) is 1.96. The average Bonchev–Trinajstić information content (AvgIpc) is 2.41. The summed E-state index contributed by atoms with van der Waals surface area (Å²) in [5.74, 6) is -0.764. The number of carboxylic acid groups (broad SMARTS) is 1. The van der Waals surface area contributed by atoms with Crippen molar-refractivity contribution in [3.05, 3.63) is 58.1 Å². The van der Waals surface area contributed by atoms with Crippen LogP contribution in [0.25, 0.3) is 0 Å². The van der Waals surface area contributed by atoms with Gasteiger partial charge in [0.15, 0.2) is 0 Å². The summed E-state index contributed by atoms with van der Waals surface area (Å²) in [6.45, 7) is 2.02. The van der Waals surface area contributed by atoms with E-state index in [2.05, 4.69) is 21.2 Å². The van der Waals surface area contributed by atoms with Gasteiger partial charge in [-0.15, -0.1) is 0 Å². The predicted molar refractivity (Wildman–Crippen MR) is 84.6 cm³/mol. The van der Waals surface area contributed by atoms with Crippen molar-refractivity contribution in [3.63, 3.8) is 0 Å². The predicted octanol–water partition coefficient (Wildman–Crippen LogP) is 4.52. The maximum Gasteiger partial charge on any atom is 0.303 e. The molecule has 2 aromatic carbocycles. The molecule has 0 saturated carbocycles. The van der Waals surface area contributed by atoms with Gasteiger partial charge in [-0.25, -0.2) is 0 Å². The van der Waals surface area contributed by atoms with Gasteiger partial charge in [0.2, 0.25) is 0 Å². The van der Waals surface area contributed by atoms with Gasteiger partial charge in [-0.1, -0.05) is 28.1 Å². The molecule has 0 fully saturated rings. The normalized spacial score (nSPS) is 10.3. The molecule has 104 valence electrons. The Morgan fingerprint density at radius 2 is 1.90 bits per heavy atom. The van der Waals surface area contributed by atoms with E-state index in [1.165, 1.54) is 0 Å². The topological polar surface area (TPSA) is 49.3 Å². The molecule has 0 radical (unpaired) electrons. The smallest absolute Gasteiger partial charge is 0.303 e. The minimum absolute atomic E-state index is 0.166. The van der Waals surface area contributed by atoms with E-state index >= 15 is 0 Å². The Balaban J connectivity index is 2.09. The van der Waals surface area contributed by atoms with E-state index in [-0.39, 0.29) is 6.42 Å². The van der Waals surface area contributed by atoms with Gasteiger partial charge in [-0.05, 0) is 54.8 Å². The largest absolute Gasteiger partial charge is 0.481 e. The molecule has 0 amide bonds. The van der Waals surface area contributed by atoms with Crippen molar-refractivity contribution in [2.24, 2.45) is 0 Å². The van der Waals surface area contributed by atoms with E-state index in [0.717, 1.165) is 27.0 Å². The third-order valence-electron chi connectivity index (χ3n) is 3.04. The maximum absolute atomic E-state index is 10.6. The van der Waals surface area contributed by atoms with Crippen LogP contribution in [0.15, 0.2) is 46.9 Å². The average molecular weight is 334 g/mol. The number of hydrogen-bond acceptors (Lipinski definition) is 2. The summed E-state index contributed by atoms with van der Waals surface area (Å²) in [5.41, 5.74) is 4.21. The lowest BCUT2D eigenvalue weighted by Gasteiger charge is -2.11. The molecule has 4 heteroatoms. The molecular weight excluding hydrogens is 318 g/mol. The Kier molecular flexibility index (Phi) is 4.79. The van der Waals surface area contributed by atoms with Gasteiger partial charge in [-0.3, -0.25) is 4.79 Å². The molecule has 2 rings (SSSR count). The molecule has 0 saturated heterocycles. The van der Waals surface area contributed by atoms with Gasteiger partial charge < -0.3 is 10.4 Å². The van der Waals surface area contributed by atoms with Crippen LogP contribution in [0.5, 0.6) is 0 Å². The SMILES string of the molecule is Cc1cc(CCC(=O)O)ccc1Nc1ccc(Br)cc1. The zero-order valence-electron chi connectivity index (χ0n) is 11.2. The second-order valence-electron chi connectivity index (χ2n) is 4.67. The minimum atomic E-state index is -0.764. The van der Waals surface area contributed by atoms with Crippen LogP contribution in [0.3, 0.4) is 0 Å². The Labute approximate surface area is 126 Å². The summed E-state index contributed by atoms with van der Waals surface area (Å²) in [5, 5.41) is 12.1. The summed E-state index contributed by atoms with van der Waals surface area (Å²) >= 11 is 3.41. The van der Waals surface area contributed by atoms with Crippen LogP contribution >= 0.6 is 15.9 Å². The van der Waals surface area contributed by atoms with Gasteiger partial charge in [0.25, 0.3) is 0 Å². The van der Waals surface area contributed by atoms with E-state index in [0.29, 0.717) is 6.42 Å². The molecule has 20 heavy (non-hydrogen) atoms. The lowest BCUT2D eigenvalue weighted by Crippen LogP contribution is -1.99. The summed E-state index contributed by atoms with van der Waals surface area (Å²) in [7, 11) is 0. The number of carbonyl (C=O) groups is 1. The van der Waals surface area contributed by atoms with Crippen molar-refractivity contribution in [2.75, 3.05) is 5.32 Å². The molecule has 2 aromatic rings. The van der Waals surface area contributed by atoms with E-state index in [4.69, 9.17) is 5.11 Å². The van der Waals surface area contributed by atoms with Crippen molar-refractivity contribution in [2.45, 2.75) is 19.8 Å². The van der Waals surface area contributed by atoms with Crippen molar-refractivity contribution in [1.29, 1.82) is 0 Å². The number of anilines is 2. The van der Waals surface area contributed by atoms with Crippen LogP contribution in [0.4, 0.5) is 11.4 Å². The monoisotopic (exact) mass is 333 g/mol. The van der Waals surface area contributed by atoms with Gasteiger partial charge in [0, 0.05) is 22.3 Å². The molecule has 0 aliphatic heterocycles. The number of benzene rings is 2. The number of carboxylic acids is 1. The first kappa shape index (κ1) is 14.6.